The van der Waals surface area contributed by atoms with Crippen molar-refractivity contribution < 1.29 is 9.90 Å². The van der Waals surface area contributed by atoms with Gasteiger partial charge in [-0.05, 0) is 37.3 Å². The molecule has 3 rings (SSSR count). The van der Waals surface area contributed by atoms with Gasteiger partial charge in [0.1, 0.15) is 29.4 Å². The first kappa shape index (κ1) is 19.8. The molecule has 1 saturated heterocycles. The predicted molar refractivity (Wildman–Crippen MR) is 106 cm³/mol. The minimum atomic E-state index is -0.236. The maximum absolute atomic E-state index is 13.0. The maximum Gasteiger partial charge on any atom is 0.264 e. The molecule has 3 N–H and O–H groups in total. The van der Waals surface area contributed by atoms with Crippen LogP contribution in [0.3, 0.4) is 0 Å². The standard InChI is InChI=1S/C20H26N6O2/c1-2-4-14(7-10-27)17(11-21)20(28)26-9-3-5-15(12-26)25-19-16-6-8-22-18(16)23-13-24-19/h6,8,13,15,27H,2-5,7,9-10,12H2,1H3,(H2,22,23,24,25)/b17-14+/t15-/m1/s1. The first-order valence-corrected chi connectivity index (χ1v) is 9.74. The van der Waals surface area contributed by atoms with E-state index < -0.39 is 0 Å². The largest absolute Gasteiger partial charge is 0.396 e. The number of H-pyrrole nitrogens is 1. The fraction of sp³-hybridized carbons (Fsp3) is 0.500. The fourth-order valence-corrected chi connectivity index (χ4v) is 3.71. The van der Waals surface area contributed by atoms with Crippen LogP contribution in [0.1, 0.15) is 39.0 Å². The summed E-state index contributed by atoms with van der Waals surface area (Å²) < 4.78 is 0. The third kappa shape index (κ3) is 4.31. The van der Waals surface area contributed by atoms with Crippen LogP contribution in [0, 0.1) is 11.3 Å². The number of carbonyl (C=O) groups is 1. The second-order valence-corrected chi connectivity index (χ2v) is 7.01. The summed E-state index contributed by atoms with van der Waals surface area (Å²) in [5.41, 5.74) is 1.70. The van der Waals surface area contributed by atoms with E-state index in [1.165, 1.54) is 6.33 Å². The molecule has 0 saturated carbocycles. The monoisotopic (exact) mass is 382 g/mol. The van der Waals surface area contributed by atoms with Crippen LogP contribution in [0.2, 0.25) is 0 Å². The minimum Gasteiger partial charge on any atom is -0.396 e. The van der Waals surface area contributed by atoms with Crippen LogP contribution in [0.5, 0.6) is 0 Å². The molecule has 8 nitrogen and oxygen atoms in total. The molecular formula is C20H26N6O2. The summed E-state index contributed by atoms with van der Waals surface area (Å²) in [5.74, 6) is 0.508. The number of likely N-dealkylation sites (tertiary alicyclic amines) is 1. The van der Waals surface area contributed by atoms with E-state index in [0.717, 1.165) is 41.7 Å². The van der Waals surface area contributed by atoms with Crippen LogP contribution in [-0.4, -0.2) is 56.6 Å². The van der Waals surface area contributed by atoms with Gasteiger partial charge in [0.25, 0.3) is 5.91 Å². The van der Waals surface area contributed by atoms with E-state index in [1.807, 2.05) is 19.2 Å². The van der Waals surface area contributed by atoms with Crippen molar-refractivity contribution in [1.29, 1.82) is 5.26 Å². The third-order valence-electron chi connectivity index (χ3n) is 5.05. The molecule has 1 atom stereocenters. The normalized spacial score (nSPS) is 17.9. The maximum atomic E-state index is 13.0. The third-order valence-corrected chi connectivity index (χ3v) is 5.05. The van der Waals surface area contributed by atoms with E-state index in [4.69, 9.17) is 0 Å². The topological polar surface area (TPSA) is 118 Å². The summed E-state index contributed by atoms with van der Waals surface area (Å²) in [6.45, 7) is 3.09. The van der Waals surface area contributed by atoms with Gasteiger partial charge in [0.05, 0.1) is 5.39 Å². The Labute approximate surface area is 164 Å². The van der Waals surface area contributed by atoms with E-state index in [-0.39, 0.29) is 24.1 Å². The number of anilines is 1. The molecule has 0 spiro atoms. The zero-order valence-corrected chi connectivity index (χ0v) is 16.1. The smallest absolute Gasteiger partial charge is 0.264 e. The summed E-state index contributed by atoms with van der Waals surface area (Å²) in [5, 5.41) is 23.2. The Morgan fingerprint density at radius 2 is 2.32 bits per heavy atom. The lowest BCUT2D eigenvalue weighted by Crippen LogP contribution is -2.45. The Bertz CT molecular complexity index is 889. The van der Waals surface area contributed by atoms with Crippen molar-refractivity contribution in [2.75, 3.05) is 25.0 Å². The van der Waals surface area contributed by atoms with Gasteiger partial charge in [0, 0.05) is 31.9 Å². The fourth-order valence-electron chi connectivity index (χ4n) is 3.71. The quantitative estimate of drug-likeness (QED) is 0.500. The van der Waals surface area contributed by atoms with E-state index in [2.05, 4.69) is 26.3 Å². The van der Waals surface area contributed by atoms with Crippen LogP contribution in [-0.2, 0) is 4.79 Å². The number of carbonyl (C=O) groups excluding carboxylic acids is 1. The molecule has 3 heterocycles. The molecular weight excluding hydrogens is 356 g/mol. The number of fused-ring (bicyclic) bond motifs is 1. The van der Waals surface area contributed by atoms with Crippen molar-refractivity contribution >= 4 is 22.8 Å². The number of nitrogens with zero attached hydrogens (tertiary/aromatic N) is 4. The number of piperidine rings is 1. The number of rotatable bonds is 7. The van der Waals surface area contributed by atoms with Gasteiger partial charge < -0.3 is 20.3 Å². The molecule has 148 valence electrons. The first-order valence-electron chi connectivity index (χ1n) is 9.74. The highest BCUT2D eigenvalue weighted by Gasteiger charge is 2.27. The Morgan fingerprint density at radius 3 is 3.07 bits per heavy atom. The molecule has 0 bridgehead atoms. The molecule has 1 aliphatic heterocycles. The number of nitrogens with one attached hydrogen (secondary N) is 2. The summed E-state index contributed by atoms with van der Waals surface area (Å²) in [6.07, 6.45) is 6.95. The number of aliphatic hydroxyl groups excluding tert-OH is 1. The van der Waals surface area contributed by atoms with Gasteiger partial charge in [-0.15, -0.1) is 0 Å². The van der Waals surface area contributed by atoms with Crippen LogP contribution >= 0.6 is 0 Å². The lowest BCUT2D eigenvalue weighted by atomic mass is 9.98. The van der Waals surface area contributed by atoms with Gasteiger partial charge in [0.2, 0.25) is 0 Å². The van der Waals surface area contributed by atoms with Crippen LogP contribution in [0.15, 0.2) is 29.7 Å². The van der Waals surface area contributed by atoms with Gasteiger partial charge in [-0.25, -0.2) is 9.97 Å². The second kappa shape index (κ2) is 9.33. The number of aromatic amines is 1. The zero-order valence-electron chi connectivity index (χ0n) is 16.1. The molecule has 0 aliphatic carbocycles. The average Bonchev–Trinajstić information content (AvgIpc) is 3.19. The highest BCUT2D eigenvalue weighted by molar-refractivity contribution is 5.98. The number of aromatic nitrogens is 3. The molecule has 28 heavy (non-hydrogen) atoms. The van der Waals surface area contributed by atoms with Gasteiger partial charge in [-0.1, -0.05) is 13.3 Å². The molecule has 2 aromatic rings. The molecule has 8 heteroatoms. The Hall–Kier alpha value is -2.92. The van der Waals surface area contributed by atoms with Gasteiger partial charge in [-0.3, -0.25) is 4.79 Å². The van der Waals surface area contributed by atoms with Crippen molar-refractivity contribution in [2.24, 2.45) is 0 Å². The van der Waals surface area contributed by atoms with Crippen LogP contribution in [0.25, 0.3) is 11.0 Å². The van der Waals surface area contributed by atoms with Gasteiger partial charge in [-0.2, -0.15) is 5.26 Å². The first-order chi connectivity index (χ1) is 13.7. The summed E-state index contributed by atoms with van der Waals surface area (Å²) in [4.78, 5) is 26.3. The molecule has 1 amide bonds. The number of hydrogen-bond acceptors (Lipinski definition) is 6. The lowest BCUT2D eigenvalue weighted by molar-refractivity contribution is -0.127. The Balaban J connectivity index is 1.75. The summed E-state index contributed by atoms with van der Waals surface area (Å²) in [6, 6.07) is 4.06. The summed E-state index contributed by atoms with van der Waals surface area (Å²) in [7, 11) is 0. The van der Waals surface area contributed by atoms with Crippen molar-refractivity contribution in [2.45, 2.75) is 45.1 Å². The minimum absolute atomic E-state index is 0.0538. The second-order valence-electron chi connectivity index (χ2n) is 7.01. The average molecular weight is 382 g/mol. The number of hydrogen-bond donors (Lipinski definition) is 3. The molecule has 0 radical (unpaired) electrons. The van der Waals surface area contributed by atoms with E-state index >= 15 is 0 Å². The highest BCUT2D eigenvalue weighted by atomic mass is 16.3. The van der Waals surface area contributed by atoms with Crippen molar-refractivity contribution in [3.63, 3.8) is 0 Å². The Kier molecular flexibility index (Phi) is 6.61. The predicted octanol–water partition coefficient (Wildman–Crippen LogP) is 2.36. The Morgan fingerprint density at radius 1 is 1.46 bits per heavy atom. The van der Waals surface area contributed by atoms with E-state index in [0.29, 0.717) is 25.9 Å². The highest BCUT2D eigenvalue weighted by Crippen LogP contribution is 2.23. The number of aliphatic hydroxyl groups is 1. The zero-order chi connectivity index (χ0) is 19.9. The van der Waals surface area contributed by atoms with Crippen molar-refractivity contribution in [1.82, 2.24) is 19.9 Å². The van der Waals surface area contributed by atoms with E-state index in [1.54, 1.807) is 4.90 Å². The number of nitriles is 1. The SMILES string of the molecule is CCC/C(CCO)=C(/C#N)C(=O)N1CCC[C@@H](Nc2ncnc3[nH]ccc23)C1. The lowest BCUT2D eigenvalue weighted by Gasteiger charge is -2.33. The molecule has 1 fully saturated rings. The number of amides is 1. The van der Waals surface area contributed by atoms with Crippen LogP contribution in [0.4, 0.5) is 5.82 Å². The molecule has 0 aromatic carbocycles. The van der Waals surface area contributed by atoms with Crippen molar-refractivity contribution in [3.05, 3.63) is 29.7 Å². The van der Waals surface area contributed by atoms with Gasteiger partial charge in [0.15, 0.2) is 0 Å². The molecule has 2 aromatic heterocycles. The van der Waals surface area contributed by atoms with Gasteiger partial charge >= 0.3 is 0 Å². The van der Waals surface area contributed by atoms with E-state index in [9.17, 15) is 15.2 Å². The molecule has 0 unspecified atom stereocenters. The molecule has 1 aliphatic rings. The van der Waals surface area contributed by atoms with Crippen molar-refractivity contribution in [3.8, 4) is 6.07 Å². The summed E-state index contributed by atoms with van der Waals surface area (Å²) >= 11 is 0. The van der Waals surface area contributed by atoms with Crippen LogP contribution < -0.4 is 5.32 Å².